The largest absolute Gasteiger partial charge is 0.496 e. The number of aromatic nitrogens is 1. The van der Waals surface area contributed by atoms with Gasteiger partial charge in [0.05, 0.1) is 7.11 Å². The SMILES string of the molecule is COc1ccc2[nH]c(=O)c3sccc3c2c1-c1ccc(C(CNC(=O)O)C2CCCC2)cc1. The van der Waals surface area contributed by atoms with E-state index in [9.17, 15) is 9.59 Å². The van der Waals surface area contributed by atoms with Gasteiger partial charge in [-0.25, -0.2) is 4.79 Å². The van der Waals surface area contributed by atoms with Crippen LogP contribution in [-0.2, 0) is 0 Å². The molecule has 33 heavy (non-hydrogen) atoms. The van der Waals surface area contributed by atoms with Crippen molar-refractivity contribution in [1.82, 2.24) is 10.3 Å². The molecule has 4 aromatic rings. The van der Waals surface area contributed by atoms with Gasteiger partial charge in [-0.05, 0) is 53.5 Å². The fourth-order valence-corrected chi connectivity index (χ4v) is 6.09. The molecule has 1 atom stereocenters. The van der Waals surface area contributed by atoms with Gasteiger partial charge in [-0.3, -0.25) is 4.79 Å². The third-order valence-corrected chi connectivity index (χ3v) is 7.76. The van der Waals surface area contributed by atoms with E-state index in [4.69, 9.17) is 9.84 Å². The van der Waals surface area contributed by atoms with Gasteiger partial charge in [0, 0.05) is 34.3 Å². The lowest BCUT2D eigenvalue weighted by Gasteiger charge is -2.24. The molecule has 5 rings (SSSR count). The van der Waals surface area contributed by atoms with Gasteiger partial charge in [0.1, 0.15) is 10.4 Å². The van der Waals surface area contributed by atoms with Crippen LogP contribution in [0.1, 0.15) is 37.2 Å². The van der Waals surface area contributed by atoms with Crippen LogP contribution in [0, 0.1) is 5.92 Å². The normalized spacial score (nSPS) is 15.2. The van der Waals surface area contributed by atoms with Crippen LogP contribution in [0.5, 0.6) is 5.75 Å². The molecule has 1 amide bonds. The second-order valence-electron chi connectivity index (χ2n) is 8.64. The molecule has 1 aliphatic carbocycles. The van der Waals surface area contributed by atoms with Gasteiger partial charge in [0.15, 0.2) is 0 Å². The number of hydrogen-bond acceptors (Lipinski definition) is 4. The van der Waals surface area contributed by atoms with Crippen molar-refractivity contribution in [2.75, 3.05) is 13.7 Å². The number of carboxylic acid groups (broad SMARTS) is 1. The van der Waals surface area contributed by atoms with E-state index in [1.54, 1.807) is 7.11 Å². The van der Waals surface area contributed by atoms with Gasteiger partial charge in [0.25, 0.3) is 5.56 Å². The van der Waals surface area contributed by atoms with Crippen molar-refractivity contribution in [3.05, 3.63) is 63.8 Å². The van der Waals surface area contributed by atoms with Crippen molar-refractivity contribution >= 4 is 38.4 Å². The van der Waals surface area contributed by atoms with E-state index >= 15 is 0 Å². The summed E-state index contributed by atoms with van der Waals surface area (Å²) in [6, 6.07) is 14.1. The molecule has 0 bridgehead atoms. The molecule has 1 unspecified atom stereocenters. The Balaban J connectivity index is 1.61. The van der Waals surface area contributed by atoms with Crippen LogP contribution >= 0.6 is 11.3 Å². The summed E-state index contributed by atoms with van der Waals surface area (Å²) >= 11 is 1.43. The van der Waals surface area contributed by atoms with E-state index < -0.39 is 6.09 Å². The topological polar surface area (TPSA) is 91.4 Å². The summed E-state index contributed by atoms with van der Waals surface area (Å²) in [5.74, 6) is 1.40. The lowest BCUT2D eigenvalue weighted by Crippen LogP contribution is -2.29. The fraction of sp³-hybridized carbons (Fsp3) is 0.308. The van der Waals surface area contributed by atoms with Crippen molar-refractivity contribution in [2.45, 2.75) is 31.6 Å². The molecule has 2 aromatic heterocycles. The highest BCUT2D eigenvalue weighted by Gasteiger charge is 2.27. The summed E-state index contributed by atoms with van der Waals surface area (Å²) in [4.78, 5) is 26.6. The average molecular weight is 463 g/mol. The Kier molecular flexibility index (Phi) is 5.81. The molecule has 3 N–H and O–H groups in total. The standard InChI is InChI=1S/C26H26N2O4S/c1-32-21-11-10-20-23(18-12-13-33-24(18)25(29)28-20)22(21)17-8-6-16(7-9-17)19(14-27-26(30)31)15-4-2-3-5-15/h6-13,15,19,27H,2-5,14H2,1H3,(H,28,29)(H,30,31). The number of methoxy groups -OCH3 is 1. The molecular formula is C26H26N2O4S. The van der Waals surface area contributed by atoms with Crippen molar-refractivity contribution in [3.8, 4) is 16.9 Å². The molecule has 1 saturated carbocycles. The van der Waals surface area contributed by atoms with E-state index in [1.165, 1.54) is 24.2 Å². The van der Waals surface area contributed by atoms with Gasteiger partial charge < -0.3 is 20.1 Å². The minimum atomic E-state index is -0.983. The Morgan fingerprint density at radius 3 is 2.64 bits per heavy atom. The summed E-state index contributed by atoms with van der Waals surface area (Å²) < 4.78 is 6.43. The second-order valence-corrected chi connectivity index (χ2v) is 9.56. The van der Waals surface area contributed by atoms with E-state index in [0.29, 0.717) is 17.2 Å². The molecule has 0 aliphatic heterocycles. The summed E-state index contributed by atoms with van der Waals surface area (Å²) in [7, 11) is 1.66. The summed E-state index contributed by atoms with van der Waals surface area (Å²) in [5, 5.41) is 15.6. The number of ether oxygens (including phenoxy) is 1. The maximum absolute atomic E-state index is 12.5. The van der Waals surface area contributed by atoms with E-state index in [1.807, 2.05) is 23.6 Å². The summed E-state index contributed by atoms with van der Waals surface area (Å²) in [6.45, 7) is 0.424. The number of fused-ring (bicyclic) bond motifs is 3. The van der Waals surface area contributed by atoms with Crippen LogP contribution in [0.2, 0.25) is 0 Å². The molecule has 2 aromatic carbocycles. The smallest absolute Gasteiger partial charge is 0.404 e. The number of hydrogen-bond donors (Lipinski definition) is 3. The molecule has 1 aliphatic rings. The molecule has 0 radical (unpaired) electrons. The Morgan fingerprint density at radius 1 is 1.18 bits per heavy atom. The highest BCUT2D eigenvalue weighted by Crippen LogP contribution is 2.42. The van der Waals surface area contributed by atoms with Gasteiger partial charge in [-0.2, -0.15) is 0 Å². The van der Waals surface area contributed by atoms with Gasteiger partial charge in [-0.1, -0.05) is 37.1 Å². The molecule has 170 valence electrons. The number of aromatic amines is 1. The molecular weight excluding hydrogens is 436 g/mol. The Morgan fingerprint density at radius 2 is 1.94 bits per heavy atom. The van der Waals surface area contributed by atoms with Crippen LogP contribution < -0.4 is 15.6 Å². The number of rotatable bonds is 6. The number of thiophene rings is 1. The number of nitrogens with one attached hydrogen (secondary N) is 2. The third-order valence-electron chi connectivity index (χ3n) is 6.85. The monoisotopic (exact) mass is 462 g/mol. The first-order chi connectivity index (χ1) is 16.1. The van der Waals surface area contributed by atoms with Crippen LogP contribution in [0.25, 0.3) is 32.1 Å². The molecule has 7 heteroatoms. The number of amides is 1. The Labute approximate surface area is 195 Å². The molecule has 0 saturated heterocycles. The highest BCUT2D eigenvalue weighted by molar-refractivity contribution is 7.17. The van der Waals surface area contributed by atoms with Crippen molar-refractivity contribution < 1.29 is 14.6 Å². The van der Waals surface area contributed by atoms with Gasteiger partial charge in [-0.15, -0.1) is 11.3 Å². The zero-order chi connectivity index (χ0) is 22.9. The minimum absolute atomic E-state index is 0.0794. The van der Waals surface area contributed by atoms with E-state index in [2.05, 4.69) is 34.6 Å². The number of pyridine rings is 1. The number of carbonyl (C=O) groups is 1. The Bertz CT molecular complexity index is 1370. The fourth-order valence-electron chi connectivity index (χ4n) is 5.30. The highest BCUT2D eigenvalue weighted by atomic mass is 32.1. The first-order valence-corrected chi connectivity index (χ1v) is 12.1. The zero-order valence-electron chi connectivity index (χ0n) is 18.4. The lowest BCUT2D eigenvalue weighted by molar-refractivity contribution is 0.192. The molecule has 2 heterocycles. The van der Waals surface area contributed by atoms with Crippen LogP contribution in [0.3, 0.4) is 0 Å². The number of benzene rings is 2. The zero-order valence-corrected chi connectivity index (χ0v) is 19.2. The maximum Gasteiger partial charge on any atom is 0.404 e. The predicted molar refractivity (Wildman–Crippen MR) is 133 cm³/mol. The van der Waals surface area contributed by atoms with Crippen molar-refractivity contribution in [1.29, 1.82) is 0 Å². The first kappa shape index (κ1) is 21.5. The first-order valence-electron chi connectivity index (χ1n) is 11.2. The molecule has 1 fully saturated rings. The summed E-state index contributed by atoms with van der Waals surface area (Å²) in [5.41, 5.74) is 3.79. The summed E-state index contributed by atoms with van der Waals surface area (Å²) in [6.07, 6.45) is 3.69. The van der Waals surface area contributed by atoms with Crippen LogP contribution in [0.4, 0.5) is 4.79 Å². The van der Waals surface area contributed by atoms with E-state index in [-0.39, 0.29) is 11.5 Å². The van der Waals surface area contributed by atoms with E-state index in [0.717, 1.165) is 51.6 Å². The second kappa shape index (κ2) is 8.90. The van der Waals surface area contributed by atoms with Crippen molar-refractivity contribution in [3.63, 3.8) is 0 Å². The third kappa shape index (κ3) is 3.97. The van der Waals surface area contributed by atoms with Crippen molar-refractivity contribution in [2.24, 2.45) is 5.92 Å². The van der Waals surface area contributed by atoms with Gasteiger partial charge in [0.2, 0.25) is 0 Å². The quantitative estimate of drug-likeness (QED) is 0.330. The van der Waals surface area contributed by atoms with Crippen LogP contribution in [0.15, 0.2) is 52.6 Å². The minimum Gasteiger partial charge on any atom is -0.496 e. The number of H-pyrrole nitrogens is 1. The maximum atomic E-state index is 12.5. The molecule has 6 nitrogen and oxygen atoms in total. The Hall–Kier alpha value is -3.32. The predicted octanol–water partition coefficient (Wildman–Crippen LogP) is 5.96. The van der Waals surface area contributed by atoms with Crippen LogP contribution in [-0.4, -0.2) is 29.8 Å². The lowest BCUT2D eigenvalue weighted by atomic mass is 9.84. The average Bonchev–Trinajstić information content (AvgIpc) is 3.52. The molecule has 0 spiro atoms. The van der Waals surface area contributed by atoms with Gasteiger partial charge >= 0.3 is 6.09 Å².